The highest BCUT2D eigenvalue weighted by molar-refractivity contribution is 5.81. The average Bonchev–Trinajstić information content (AvgIpc) is 3.35. The molecule has 0 aliphatic carbocycles. The molecule has 0 radical (unpaired) electrons. The lowest BCUT2D eigenvalue weighted by Gasteiger charge is -2.30. The lowest BCUT2D eigenvalue weighted by Crippen LogP contribution is -2.41. The molecule has 0 amide bonds. The molecule has 0 fully saturated rings. The van der Waals surface area contributed by atoms with Gasteiger partial charge in [0, 0.05) is 49.1 Å². The second-order valence-corrected chi connectivity index (χ2v) is 10.3. The van der Waals surface area contributed by atoms with Crippen LogP contribution in [0, 0.1) is 12.7 Å². The van der Waals surface area contributed by atoms with Crippen LogP contribution in [0.4, 0.5) is 19.0 Å². The summed E-state index contributed by atoms with van der Waals surface area (Å²) in [6, 6.07) is 7.93. The summed E-state index contributed by atoms with van der Waals surface area (Å²) in [5, 5.41) is 13.4. The number of benzene rings is 1. The molecule has 1 aromatic heterocycles. The number of aromatic nitrogens is 4. The monoisotopic (exact) mass is 538 g/mol. The molecular formula is C28H29F3N6O2. The zero-order valence-corrected chi connectivity index (χ0v) is 22.3. The van der Waals surface area contributed by atoms with Crippen LogP contribution >= 0.6 is 0 Å². The van der Waals surface area contributed by atoms with Crippen molar-refractivity contribution in [1.29, 1.82) is 0 Å². The van der Waals surface area contributed by atoms with Gasteiger partial charge in [0.05, 0.1) is 17.2 Å². The summed E-state index contributed by atoms with van der Waals surface area (Å²) in [7, 11) is 1.67. The second kappa shape index (κ2) is 9.33. The van der Waals surface area contributed by atoms with E-state index in [0.717, 1.165) is 36.9 Å². The molecule has 0 bridgehead atoms. The van der Waals surface area contributed by atoms with Gasteiger partial charge in [-0.25, -0.2) is 14.4 Å². The van der Waals surface area contributed by atoms with E-state index in [2.05, 4.69) is 20.3 Å². The van der Waals surface area contributed by atoms with Gasteiger partial charge in [-0.1, -0.05) is 12.1 Å². The van der Waals surface area contributed by atoms with Crippen LogP contribution in [0.3, 0.4) is 0 Å². The van der Waals surface area contributed by atoms with E-state index in [1.807, 2.05) is 10.6 Å². The van der Waals surface area contributed by atoms with Crippen LogP contribution in [-0.2, 0) is 19.5 Å². The van der Waals surface area contributed by atoms with E-state index in [1.165, 1.54) is 22.8 Å². The minimum Gasteiger partial charge on any atom is -0.384 e. The number of alkyl halides is 2. The van der Waals surface area contributed by atoms with Gasteiger partial charge in [-0.05, 0) is 45.9 Å². The van der Waals surface area contributed by atoms with E-state index in [-0.39, 0.29) is 16.6 Å². The highest BCUT2D eigenvalue weighted by atomic mass is 19.3. The Morgan fingerprint density at radius 1 is 1.15 bits per heavy atom. The Kier molecular flexibility index (Phi) is 6.37. The van der Waals surface area contributed by atoms with E-state index in [4.69, 9.17) is 0 Å². The van der Waals surface area contributed by atoms with Gasteiger partial charge < -0.3 is 19.6 Å². The molecule has 0 unspecified atom stereocenters. The molecule has 39 heavy (non-hydrogen) atoms. The van der Waals surface area contributed by atoms with Crippen LogP contribution in [0.1, 0.15) is 43.8 Å². The Bertz CT molecular complexity index is 1690. The standard InChI is InChI=1S/C28H29F3N6O2/c1-15(18-7-6-8-21(23(18)29)28(30,31)27(3,4)39)33-24-20-13-19(17-9-10-22(38)36(5)14-17)25-32-11-12-37(25)26(20)35-16(2)34-24/h6-10,13-15,32,39H,11-12H2,1-5H3/t15-/m1/s1. The largest absolute Gasteiger partial charge is 0.384 e. The van der Waals surface area contributed by atoms with Crippen molar-refractivity contribution in [2.24, 2.45) is 12.0 Å². The number of fused-ring (bicyclic) bond motifs is 3. The Labute approximate surface area is 222 Å². The fourth-order valence-corrected chi connectivity index (χ4v) is 4.81. The van der Waals surface area contributed by atoms with E-state index in [9.17, 15) is 18.7 Å². The van der Waals surface area contributed by atoms with Crippen molar-refractivity contribution in [2.75, 3.05) is 11.9 Å². The number of rotatable bonds is 5. The first-order valence-electron chi connectivity index (χ1n) is 12.6. The van der Waals surface area contributed by atoms with Crippen molar-refractivity contribution in [1.82, 2.24) is 19.1 Å². The van der Waals surface area contributed by atoms with Gasteiger partial charge in [0.1, 0.15) is 28.9 Å². The maximum Gasteiger partial charge on any atom is 0.303 e. The molecular weight excluding hydrogens is 509 g/mol. The quantitative estimate of drug-likeness (QED) is 0.398. The summed E-state index contributed by atoms with van der Waals surface area (Å²) in [6.07, 6.45) is 1.74. The van der Waals surface area contributed by atoms with E-state index < -0.39 is 28.9 Å². The SMILES string of the molecule is Cc1nc2n3c(c(-c4ccc(=O)n(C)c4)cc-2c(=N[C@H](C)c2cccc(C(F)(F)C(C)(C)O)c2F)n1)NCC3. The van der Waals surface area contributed by atoms with Gasteiger partial charge in [0.25, 0.3) is 0 Å². The van der Waals surface area contributed by atoms with E-state index in [1.54, 1.807) is 33.2 Å². The van der Waals surface area contributed by atoms with Crippen LogP contribution in [-0.4, -0.2) is 36.4 Å². The Morgan fingerprint density at radius 3 is 2.59 bits per heavy atom. The van der Waals surface area contributed by atoms with Crippen molar-refractivity contribution in [3.05, 3.63) is 81.2 Å². The van der Waals surface area contributed by atoms with Gasteiger partial charge >= 0.3 is 5.92 Å². The third-order valence-electron chi connectivity index (χ3n) is 7.01. The third-order valence-corrected chi connectivity index (χ3v) is 7.01. The van der Waals surface area contributed by atoms with Crippen LogP contribution < -0.4 is 16.4 Å². The van der Waals surface area contributed by atoms with Crippen molar-refractivity contribution >= 4 is 5.82 Å². The Balaban J connectivity index is 1.70. The fraction of sp³-hybridized carbons (Fsp3) is 0.357. The molecule has 0 saturated carbocycles. The third kappa shape index (κ3) is 4.50. The summed E-state index contributed by atoms with van der Waals surface area (Å²) < 4.78 is 48.7. The highest BCUT2D eigenvalue weighted by Gasteiger charge is 2.49. The lowest BCUT2D eigenvalue weighted by atomic mass is 9.91. The van der Waals surface area contributed by atoms with Crippen LogP contribution in [0.15, 0.2) is 52.4 Å². The number of nitrogens with zero attached hydrogens (tertiary/aromatic N) is 5. The summed E-state index contributed by atoms with van der Waals surface area (Å²) in [5.74, 6) is -3.02. The predicted molar refractivity (Wildman–Crippen MR) is 141 cm³/mol. The van der Waals surface area contributed by atoms with Crippen molar-refractivity contribution in [3.8, 4) is 22.5 Å². The second-order valence-electron chi connectivity index (χ2n) is 10.3. The van der Waals surface area contributed by atoms with Crippen LogP contribution in [0.25, 0.3) is 22.5 Å². The number of aliphatic hydroxyl groups is 1. The van der Waals surface area contributed by atoms with Gasteiger partial charge in [-0.3, -0.25) is 9.79 Å². The van der Waals surface area contributed by atoms with Gasteiger partial charge in [-0.2, -0.15) is 8.78 Å². The molecule has 2 N–H and O–H groups in total. The smallest absolute Gasteiger partial charge is 0.303 e. The van der Waals surface area contributed by atoms with Crippen LogP contribution in [0.5, 0.6) is 0 Å². The molecule has 204 valence electrons. The molecule has 5 rings (SSSR count). The minimum atomic E-state index is -3.82. The molecule has 1 atom stereocenters. The number of halogens is 3. The molecule has 11 heteroatoms. The van der Waals surface area contributed by atoms with Crippen molar-refractivity contribution < 1.29 is 18.3 Å². The van der Waals surface area contributed by atoms with E-state index in [0.29, 0.717) is 30.3 Å². The fourth-order valence-electron chi connectivity index (χ4n) is 4.81. The number of hydrogen-bond acceptors (Lipinski definition) is 6. The maximum absolute atomic E-state index is 15.5. The highest BCUT2D eigenvalue weighted by Crippen LogP contribution is 2.41. The van der Waals surface area contributed by atoms with Gasteiger partial charge in [0.15, 0.2) is 5.49 Å². The van der Waals surface area contributed by atoms with E-state index >= 15 is 4.39 Å². The van der Waals surface area contributed by atoms with Gasteiger partial charge in [0.2, 0.25) is 5.56 Å². The lowest BCUT2D eigenvalue weighted by molar-refractivity contribution is -0.170. The number of pyridine rings is 2. The summed E-state index contributed by atoms with van der Waals surface area (Å²) >= 11 is 0. The number of nitrogens with one attached hydrogen (secondary N) is 1. The minimum absolute atomic E-state index is 0.0467. The molecule has 4 heterocycles. The molecule has 0 spiro atoms. The summed E-state index contributed by atoms with van der Waals surface area (Å²) in [6.45, 7) is 6.52. The van der Waals surface area contributed by atoms with Gasteiger partial charge in [-0.15, -0.1) is 0 Å². The molecule has 2 aromatic rings. The number of hydrogen-bond donors (Lipinski definition) is 2. The summed E-state index contributed by atoms with van der Waals surface area (Å²) in [5.41, 5.74) is -1.05. The maximum atomic E-state index is 15.5. The first kappa shape index (κ1) is 26.6. The first-order valence-corrected chi connectivity index (χ1v) is 12.6. The van der Waals surface area contributed by atoms with Crippen LogP contribution in [0.2, 0.25) is 0 Å². The molecule has 1 aromatic carbocycles. The topological polar surface area (TPSA) is 97.3 Å². The number of anilines is 1. The molecule has 3 aliphatic rings. The Hall–Kier alpha value is -3.99. The van der Waals surface area contributed by atoms with Crippen molar-refractivity contribution in [2.45, 2.75) is 51.8 Å². The zero-order valence-electron chi connectivity index (χ0n) is 22.3. The molecule has 0 saturated heterocycles. The predicted octanol–water partition coefficient (Wildman–Crippen LogP) is 4.15. The number of aryl methyl sites for hydroxylation is 2. The normalized spacial score (nSPS) is 14.9. The molecule has 8 nitrogen and oxygen atoms in total. The molecule has 3 aliphatic heterocycles. The average molecular weight is 539 g/mol. The first-order chi connectivity index (χ1) is 18.3. The zero-order chi connectivity index (χ0) is 28.3. The Morgan fingerprint density at radius 2 is 1.90 bits per heavy atom. The summed E-state index contributed by atoms with van der Waals surface area (Å²) in [4.78, 5) is 25.8. The van der Waals surface area contributed by atoms with Crippen molar-refractivity contribution in [3.63, 3.8) is 0 Å².